The van der Waals surface area contributed by atoms with E-state index in [9.17, 15) is 13.2 Å². The van der Waals surface area contributed by atoms with E-state index >= 15 is 0 Å². The maximum Gasteiger partial charge on any atom is 0.246 e. The molecule has 0 spiro atoms. The Morgan fingerprint density at radius 2 is 1.74 bits per heavy atom. The summed E-state index contributed by atoms with van der Waals surface area (Å²) in [5.74, 6) is 1.07. The van der Waals surface area contributed by atoms with E-state index in [0.717, 1.165) is 12.0 Å². The third kappa shape index (κ3) is 6.15. The van der Waals surface area contributed by atoms with Crippen molar-refractivity contribution >= 4 is 15.9 Å². The number of hydrogen-bond acceptors (Lipinski definition) is 6. The lowest BCUT2D eigenvalue weighted by Gasteiger charge is -2.28. The Morgan fingerprint density at radius 1 is 1.09 bits per heavy atom. The van der Waals surface area contributed by atoms with E-state index in [-0.39, 0.29) is 25.2 Å². The second kappa shape index (κ2) is 11.0. The smallest absolute Gasteiger partial charge is 0.246 e. The number of nitrogens with zero attached hydrogens (tertiary/aromatic N) is 1. The van der Waals surface area contributed by atoms with E-state index in [1.54, 1.807) is 40.2 Å². The van der Waals surface area contributed by atoms with Gasteiger partial charge in [-0.1, -0.05) is 12.1 Å². The number of methoxy groups -OCH3 is 2. The van der Waals surface area contributed by atoms with Crippen LogP contribution in [0, 0.1) is 13.8 Å². The summed E-state index contributed by atoms with van der Waals surface area (Å²) in [5.41, 5.74) is 1.57. The molecule has 1 amide bonds. The first-order valence-corrected chi connectivity index (χ1v) is 13.1. The number of hydrogen-bond donors (Lipinski definition) is 1. The van der Waals surface area contributed by atoms with Crippen LogP contribution >= 0.6 is 0 Å². The minimum absolute atomic E-state index is 0.153. The summed E-state index contributed by atoms with van der Waals surface area (Å²) in [5, 5.41) is 2.98. The fraction of sp³-hybridized carbons (Fsp3) is 0.500. The average Bonchev–Trinajstić information content (AvgIpc) is 3.27. The van der Waals surface area contributed by atoms with Gasteiger partial charge in [0, 0.05) is 12.6 Å². The first kappa shape index (κ1) is 27.0. The van der Waals surface area contributed by atoms with Crippen molar-refractivity contribution in [1.29, 1.82) is 0 Å². The van der Waals surface area contributed by atoms with Gasteiger partial charge in [-0.15, -0.1) is 0 Å². The molecule has 9 heteroatoms. The zero-order valence-corrected chi connectivity index (χ0v) is 22.2. The molecule has 0 radical (unpaired) electrons. The van der Waals surface area contributed by atoms with Crippen LogP contribution in [0.5, 0.6) is 11.5 Å². The Bertz CT molecular complexity index is 1140. The molecule has 0 saturated carbocycles. The molecule has 192 valence electrons. The van der Waals surface area contributed by atoms with Crippen LogP contribution in [0.15, 0.2) is 41.3 Å². The normalized spacial score (nSPS) is 16.8. The van der Waals surface area contributed by atoms with Crippen LogP contribution in [0.2, 0.25) is 0 Å². The maximum atomic E-state index is 13.5. The minimum atomic E-state index is -3.71. The Hall–Kier alpha value is -2.62. The lowest BCUT2D eigenvalue weighted by Crippen LogP contribution is -2.44. The van der Waals surface area contributed by atoms with Gasteiger partial charge in [-0.2, -0.15) is 4.31 Å². The van der Waals surface area contributed by atoms with Gasteiger partial charge < -0.3 is 19.5 Å². The molecule has 1 atom stereocenters. The van der Waals surface area contributed by atoms with E-state index in [4.69, 9.17) is 14.2 Å². The van der Waals surface area contributed by atoms with Crippen molar-refractivity contribution in [1.82, 2.24) is 9.62 Å². The van der Waals surface area contributed by atoms with Crippen molar-refractivity contribution < 1.29 is 27.4 Å². The monoisotopic (exact) mass is 504 g/mol. The number of sulfonamides is 1. The highest BCUT2D eigenvalue weighted by molar-refractivity contribution is 7.89. The van der Waals surface area contributed by atoms with Crippen molar-refractivity contribution in [3.8, 4) is 11.5 Å². The van der Waals surface area contributed by atoms with Crippen LogP contribution in [-0.4, -0.2) is 58.7 Å². The molecule has 1 aliphatic rings. The Labute approximate surface area is 208 Å². The molecule has 3 rings (SSSR count). The van der Waals surface area contributed by atoms with Gasteiger partial charge in [-0.25, -0.2) is 8.42 Å². The topological polar surface area (TPSA) is 94.2 Å². The Kier molecular flexibility index (Phi) is 8.46. The molecule has 2 aromatic rings. The lowest BCUT2D eigenvalue weighted by atomic mass is 9.94. The van der Waals surface area contributed by atoms with Crippen LogP contribution < -0.4 is 14.8 Å². The molecule has 2 aromatic carbocycles. The number of carbonyl (C=O) groups excluding carboxylic acids is 1. The molecular weight excluding hydrogens is 468 g/mol. The Morgan fingerprint density at radius 3 is 2.37 bits per heavy atom. The van der Waals surface area contributed by atoms with Gasteiger partial charge in [0.05, 0.1) is 31.3 Å². The summed E-state index contributed by atoms with van der Waals surface area (Å²) >= 11 is 0. The molecule has 0 aliphatic carbocycles. The van der Waals surface area contributed by atoms with Gasteiger partial charge >= 0.3 is 0 Å². The van der Waals surface area contributed by atoms with E-state index in [1.807, 2.05) is 38.1 Å². The standard InChI is InChI=1S/C26H36N2O6S/c1-18-13-23(33-6)14-19(2)25(18)35(30,31)28-12-8-10-21(28)16-34-17-24(29)27-26(3,4)20-9-7-11-22(15-20)32-5/h7,9,11,13-15,21H,8,10,12,16-17H2,1-6H3,(H,27,29)/t21-/m0/s1. The van der Waals surface area contributed by atoms with Crippen LogP contribution in [0.25, 0.3) is 0 Å². The average molecular weight is 505 g/mol. The quantitative estimate of drug-likeness (QED) is 0.532. The number of ether oxygens (including phenoxy) is 3. The summed E-state index contributed by atoms with van der Waals surface area (Å²) < 4.78 is 44.8. The zero-order valence-electron chi connectivity index (χ0n) is 21.4. The van der Waals surface area contributed by atoms with Gasteiger partial charge in [0.25, 0.3) is 0 Å². The highest BCUT2D eigenvalue weighted by Gasteiger charge is 2.37. The van der Waals surface area contributed by atoms with Gasteiger partial charge in [-0.05, 0) is 81.5 Å². The molecular formula is C26H36N2O6S. The number of amides is 1. The predicted octanol–water partition coefficient (Wildman–Crippen LogP) is 3.54. The number of aryl methyl sites for hydroxylation is 2. The Balaban J connectivity index is 1.62. The molecule has 1 fully saturated rings. The molecule has 1 saturated heterocycles. The molecule has 1 aliphatic heterocycles. The van der Waals surface area contributed by atoms with E-state index in [2.05, 4.69) is 5.32 Å². The minimum Gasteiger partial charge on any atom is -0.497 e. The highest BCUT2D eigenvalue weighted by atomic mass is 32.2. The van der Waals surface area contributed by atoms with Crippen molar-refractivity contribution in [2.45, 2.75) is 57.0 Å². The zero-order chi connectivity index (χ0) is 25.8. The number of rotatable bonds is 10. The van der Waals surface area contributed by atoms with Crippen LogP contribution in [0.3, 0.4) is 0 Å². The molecule has 0 aromatic heterocycles. The fourth-order valence-corrected chi connectivity index (χ4v) is 6.70. The van der Waals surface area contributed by atoms with Gasteiger partial charge in [0.2, 0.25) is 15.9 Å². The van der Waals surface area contributed by atoms with Crippen molar-refractivity contribution in [2.24, 2.45) is 0 Å². The third-order valence-corrected chi connectivity index (χ3v) is 8.60. The summed E-state index contributed by atoms with van der Waals surface area (Å²) in [6.45, 7) is 7.79. The fourth-order valence-electron chi connectivity index (χ4n) is 4.60. The molecule has 35 heavy (non-hydrogen) atoms. The van der Waals surface area contributed by atoms with E-state index in [1.165, 1.54) is 4.31 Å². The largest absolute Gasteiger partial charge is 0.497 e. The first-order chi connectivity index (χ1) is 16.5. The van der Waals surface area contributed by atoms with Crippen LogP contribution in [0.4, 0.5) is 0 Å². The summed E-state index contributed by atoms with van der Waals surface area (Å²) in [6.07, 6.45) is 1.43. The number of nitrogens with one attached hydrogen (secondary N) is 1. The predicted molar refractivity (Wildman–Crippen MR) is 134 cm³/mol. The maximum absolute atomic E-state index is 13.5. The SMILES string of the molecule is COc1cccc(C(C)(C)NC(=O)COC[C@@H]2CCCN2S(=O)(=O)c2c(C)cc(OC)cc2C)c1. The van der Waals surface area contributed by atoms with Gasteiger partial charge in [0.15, 0.2) is 0 Å². The molecule has 0 unspecified atom stereocenters. The van der Waals surface area contributed by atoms with Crippen LogP contribution in [0.1, 0.15) is 43.4 Å². The first-order valence-electron chi connectivity index (χ1n) is 11.7. The summed E-state index contributed by atoms with van der Waals surface area (Å²) in [7, 11) is -0.552. The van der Waals surface area contributed by atoms with Crippen molar-refractivity contribution in [3.63, 3.8) is 0 Å². The van der Waals surface area contributed by atoms with Gasteiger partial charge in [-0.3, -0.25) is 4.79 Å². The highest BCUT2D eigenvalue weighted by Crippen LogP contribution is 2.32. The lowest BCUT2D eigenvalue weighted by molar-refractivity contribution is -0.127. The second-order valence-electron chi connectivity index (χ2n) is 9.42. The third-order valence-electron chi connectivity index (χ3n) is 6.35. The number of carbonyl (C=O) groups is 1. The number of benzene rings is 2. The summed E-state index contributed by atoms with van der Waals surface area (Å²) in [6, 6.07) is 10.7. The van der Waals surface area contributed by atoms with E-state index < -0.39 is 15.6 Å². The van der Waals surface area contributed by atoms with Crippen molar-refractivity contribution in [3.05, 3.63) is 53.1 Å². The van der Waals surface area contributed by atoms with E-state index in [0.29, 0.717) is 40.5 Å². The van der Waals surface area contributed by atoms with Gasteiger partial charge in [0.1, 0.15) is 18.1 Å². The molecule has 0 bridgehead atoms. The van der Waals surface area contributed by atoms with Crippen LogP contribution in [-0.2, 0) is 25.1 Å². The van der Waals surface area contributed by atoms with Crippen molar-refractivity contribution in [2.75, 3.05) is 34.0 Å². The molecule has 1 N–H and O–H groups in total. The summed E-state index contributed by atoms with van der Waals surface area (Å²) in [4.78, 5) is 12.9. The molecule has 1 heterocycles. The molecule has 8 nitrogen and oxygen atoms in total. The second-order valence-corrected chi connectivity index (χ2v) is 11.2.